The highest BCUT2D eigenvalue weighted by Gasteiger charge is 2.28. The van der Waals surface area contributed by atoms with Crippen LogP contribution in [-0.4, -0.2) is 25.9 Å². The van der Waals surface area contributed by atoms with Gasteiger partial charge in [-0.1, -0.05) is 72.8 Å². The Morgan fingerprint density at radius 1 is 0.935 bits per heavy atom. The van der Waals surface area contributed by atoms with Crippen molar-refractivity contribution in [3.05, 3.63) is 95.6 Å². The number of hydrogen-bond acceptors (Lipinski definition) is 3. The van der Waals surface area contributed by atoms with Crippen LogP contribution in [0.3, 0.4) is 0 Å². The summed E-state index contributed by atoms with van der Waals surface area (Å²) in [5.41, 5.74) is 5.99. The fourth-order valence-corrected chi connectivity index (χ4v) is 3.97. The smallest absolute Gasteiger partial charge is 0.407 e. The van der Waals surface area contributed by atoms with Gasteiger partial charge in [0.05, 0.1) is 6.61 Å². The summed E-state index contributed by atoms with van der Waals surface area (Å²) in [7, 11) is 0. The van der Waals surface area contributed by atoms with Gasteiger partial charge in [-0.3, -0.25) is 0 Å². The van der Waals surface area contributed by atoms with E-state index in [1.54, 1.807) is 0 Å². The second-order valence-corrected chi connectivity index (χ2v) is 7.45. The van der Waals surface area contributed by atoms with Crippen LogP contribution in [0.25, 0.3) is 17.2 Å². The Morgan fingerprint density at radius 2 is 1.58 bits per heavy atom. The van der Waals surface area contributed by atoms with E-state index in [4.69, 9.17) is 9.47 Å². The van der Waals surface area contributed by atoms with Crippen LogP contribution in [0.15, 0.2) is 78.9 Å². The van der Waals surface area contributed by atoms with Crippen molar-refractivity contribution in [1.82, 2.24) is 5.32 Å². The molecule has 0 aliphatic heterocycles. The van der Waals surface area contributed by atoms with E-state index in [1.807, 2.05) is 67.6 Å². The third kappa shape index (κ3) is 4.97. The maximum absolute atomic E-state index is 12.2. The van der Waals surface area contributed by atoms with Crippen LogP contribution in [0, 0.1) is 0 Å². The number of nitrogens with one attached hydrogen (secondary N) is 1. The maximum Gasteiger partial charge on any atom is 0.407 e. The van der Waals surface area contributed by atoms with E-state index in [0.717, 1.165) is 17.7 Å². The number of carbonyl (C=O) groups excluding carboxylic acids is 1. The summed E-state index contributed by atoms with van der Waals surface area (Å²) < 4.78 is 11.0. The van der Waals surface area contributed by atoms with Gasteiger partial charge in [0.15, 0.2) is 0 Å². The van der Waals surface area contributed by atoms with E-state index >= 15 is 0 Å². The van der Waals surface area contributed by atoms with Gasteiger partial charge in [-0.2, -0.15) is 0 Å². The van der Waals surface area contributed by atoms with Crippen LogP contribution < -0.4 is 10.1 Å². The number of rotatable bonds is 8. The second kappa shape index (κ2) is 9.98. The van der Waals surface area contributed by atoms with Crippen molar-refractivity contribution in [2.24, 2.45) is 0 Å². The van der Waals surface area contributed by atoms with Gasteiger partial charge in [-0.15, -0.1) is 0 Å². The van der Waals surface area contributed by atoms with Gasteiger partial charge < -0.3 is 14.8 Å². The number of amides is 1. The van der Waals surface area contributed by atoms with Gasteiger partial charge in [0.25, 0.3) is 0 Å². The molecule has 0 bridgehead atoms. The summed E-state index contributed by atoms with van der Waals surface area (Å²) >= 11 is 0. The maximum atomic E-state index is 12.2. The lowest BCUT2D eigenvalue weighted by Crippen LogP contribution is -2.26. The number of hydrogen-bond donors (Lipinski definition) is 1. The molecule has 0 spiro atoms. The van der Waals surface area contributed by atoms with Gasteiger partial charge in [0.1, 0.15) is 12.4 Å². The van der Waals surface area contributed by atoms with Crippen molar-refractivity contribution in [1.29, 1.82) is 0 Å². The van der Waals surface area contributed by atoms with Crippen molar-refractivity contribution < 1.29 is 14.3 Å². The largest absolute Gasteiger partial charge is 0.494 e. The number of fused-ring (bicyclic) bond motifs is 3. The monoisotopic (exact) mass is 413 g/mol. The van der Waals surface area contributed by atoms with Gasteiger partial charge in [-0.05, 0) is 53.3 Å². The number of carbonyl (C=O) groups is 1. The van der Waals surface area contributed by atoms with E-state index in [1.165, 1.54) is 22.3 Å². The molecule has 4 rings (SSSR count). The zero-order valence-electron chi connectivity index (χ0n) is 17.7. The predicted octanol–water partition coefficient (Wildman–Crippen LogP) is 6.03. The fraction of sp³-hybridized carbons (Fsp3) is 0.222. The minimum Gasteiger partial charge on any atom is -0.494 e. The van der Waals surface area contributed by atoms with Crippen molar-refractivity contribution in [3.63, 3.8) is 0 Å². The van der Waals surface area contributed by atoms with Crippen molar-refractivity contribution in [2.45, 2.75) is 19.3 Å². The Balaban J connectivity index is 1.24. The molecule has 0 radical (unpaired) electrons. The third-order valence-corrected chi connectivity index (χ3v) is 5.43. The molecule has 0 unspecified atom stereocenters. The molecule has 1 amide bonds. The highest BCUT2D eigenvalue weighted by Crippen LogP contribution is 2.44. The molecule has 3 aromatic rings. The molecule has 3 aromatic carbocycles. The zero-order valence-corrected chi connectivity index (χ0v) is 17.7. The number of ether oxygens (including phenoxy) is 2. The molecular weight excluding hydrogens is 386 g/mol. The van der Waals surface area contributed by atoms with Crippen LogP contribution in [0.5, 0.6) is 5.75 Å². The molecule has 1 aliphatic rings. The molecule has 0 saturated heterocycles. The summed E-state index contributed by atoms with van der Waals surface area (Å²) in [6.07, 6.45) is 4.43. The van der Waals surface area contributed by atoms with Gasteiger partial charge in [0, 0.05) is 12.5 Å². The predicted molar refractivity (Wildman–Crippen MR) is 124 cm³/mol. The SMILES string of the molecule is CCOc1ccc(C=CCCNC(=O)OCC2c3ccccc3-c3ccccc32)cc1. The highest BCUT2D eigenvalue weighted by atomic mass is 16.5. The van der Waals surface area contributed by atoms with Crippen LogP contribution >= 0.6 is 0 Å². The van der Waals surface area contributed by atoms with Crippen molar-refractivity contribution >= 4 is 12.2 Å². The normalized spacial score (nSPS) is 12.4. The van der Waals surface area contributed by atoms with E-state index < -0.39 is 0 Å². The second-order valence-electron chi connectivity index (χ2n) is 7.45. The Kier molecular flexibility index (Phi) is 6.68. The topological polar surface area (TPSA) is 47.6 Å². The molecule has 0 fully saturated rings. The van der Waals surface area contributed by atoms with Crippen LogP contribution in [0.1, 0.15) is 36.0 Å². The van der Waals surface area contributed by atoms with E-state index in [0.29, 0.717) is 19.8 Å². The Labute approximate surface area is 183 Å². The Hall–Kier alpha value is -3.53. The lowest BCUT2D eigenvalue weighted by molar-refractivity contribution is 0.143. The molecule has 1 N–H and O–H groups in total. The first kappa shape index (κ1) is 20.7. The van der Waals surface area contributed by atoms with E-state index in [-0.39, 0.29) is 12.0 Å². The highest BCUT2D eigenvalue weighted by molar-refractivity contribution is 5.79. The van der Waals surface area contributed by atoms with Crippen LogP contribution in [-0.2, 0) is 4.74 Å². The lowest BCUT2D eigenvalue weighted by atomic mass is 9.98. The van der Waals surface area contributed by atoms with E-state index in [2.05, 4.69) is 29.6 Å². The molecule has 0 atom stereocenters. The van der Waals surface area contributed by atoms with Gasteiger partial charge >= 0.3 is 6.09 Å². The molecular formula is C27H27NO3. The van der Waals surface area contributed by atoms with Crippen molar-refractivity contribution in [2.75, 3.05) is 19.8 Å². The van der Waals surface area contributed by atoms with Gasteiger partial charge in [-0.25, -0.2) is 4.79 Å². The van der Waals surface area contributed by atoms with Crippen LogP contribution in [0.2, 0.25) is 0 Å². The summed E-state index contributed by atoms with van der Waals surface area (Å²) in [5, 5.41) is 2.83. The first-order valence-electron chi connectivity index (χ1n) is 10.7. The van der Waals surface area contributed by atoms with Crippen LogP contribution in [0.4, 0.5) is 4.79 Å². The molecule has 0 heterocycles. The average Bonchev–Trinajstić information content (AvgIpc) is 3.12. The molecule has 0 saturated carbocycles. The molecule has 1 aliphatic carbocycles. The molecule has 4 heteroatoms. The standard InChI is InChI=1S/C27H27NO3/c1-2-30-21-16-14-20(15-17-21)9-7-8-18-28-27(29)31-19-26-24-12-5-3-10-22(24)23-11-4-6-13-25(23)26/h3-7,9-17,26H,2,8,18-19H2,1H3,(H,28,29). The molecule has 158 valence electrons. The molecule has 4 nitrogen and oxygen atoms in total. The minimum absolute atomic E-state index is 0.0812. The fourth-order valence-electron chi connectivity index (χ4n) is 3.97. The van der Waals surface area contributed by atoms with Gasteiger partial charge in [0.2, 0.25) is 0 Å². The molecule has 0 aromatic heterocycles. The summed E-state index contributed by atoms with van der Waals surface area (Å²) in [6.45, 7) is 3.50. The number of benzene rings is 3. The minimum atomic E-state index is -0.378. The number of alkyl carbamates (subject to hydrolysis) is 1. The van der Waals surface area contributed by atoms with Crippen molar-refractivity contribution in [3.8, 4) is 16.9 Å². The van der Waals surface area contributed by atoms with E-state index in [9.17, 15) is 4.79 Å². The zero-order chi connectivity index (χ0) is 21.5. The summed E-state index contributed by atoms with van der Waals surface area (Å²) in [5.74, 6) is 0.953. The first-order chi connectivity index (χ1) is 15.3. The third-order valence-electron chi connectivity index (χ3n) is 5.43. The Bertz CT molecular complexity index is 1010. The first-order valence-corrected chi connectivity index (χ1v) is 10.7. The lowest BCUT2D eigenvalue weighted by Gasteiger charge is -2.14. The Morgan fingerprint density at radius 3 is 2.23 bits per heavy atom. The summed E-state index contributed by atoms with van der Waals surface area (Å²) in [4.78, 5) is 12.2. The molecule has 31 heavy (non-hydrogen) atoms. The average molecular weight is 414 g/mol. The quantitative estimate of drug-likeness (QED) is 0.459. The summed E-state index contributed by atoms with van der Waals surface area (Å²) in [6, 6.07) is 24.6.